The quantitative estimate of drug-likeness (QED) is 0.702. The summed E-state index contributed by atoms with van der Waals surface area (Å²) in [4.78, 5) is 0. The molecule has 20 heavy (non-hydrogen) atoms. The van der Waals surface area contributed by atoms with Crippen molar-refractivity contribution in [3.8, 4) is 17.1 Å². The second kappa shape index (κ2) is 4.93. The van der Waals surface area contributed by atoms with Crippen molar-refractivity contribution in [1.82, 2.24) is 20.2 Å². The molecule has 4 N–H and O–H groups in total. The molecular weight excluding hydrogens is 320 g/mol. The minimum Gasteiger partial charge on any atom is -0.399 e. The van der Waals surface area contributed by atoms with E-state index >= 15 is 0 Å². The van der Waals surface area contributed by atoms with Crippen molar-refractivity contribution in [3.05, 3.63) is 46.9 Å². The van der Waals surface area contributed by atoms with Crippen LogP contribution < -0.4 is 11.5 Å². The number of rotatable bonds is 2. The van der Waals surface area contributed by atoms with Crippen LogP contribution in [0, 0.1) is 0 Å². The molecule has 0 saturated heterocycles. The van der Waals surface area contributed by atoms with Gasteiger partial charge >= 0.3 is 0 Å². The number of nitrogens with two attached hydrogens (primary N) is 2. The maximum atomic E-state index is 5.99. The van der Waals surface area contributed by atoms with E-state index in [1.165, 1.54) is 0 Å². The van der Waals surface area contributed by atoms with E-state index in [-0.39, 0.29) is 0 Å². The number of hydrogen-bond donors (Lipinski definition) is 2. The van der Waals surface area contributed by atoms with Gasteiger partial charge < -0.3 is 11.5 Å². The van der Waals surface area contributed by atoms with Gasteiger partial charge in [0.15, 0.2) is 5.82 Å². The fourth-order valence-electron chi connectivity index (χ4n) is 1.92. The van der Waals surface area contributed by atoms with Crippen molar-refractivity contribution in [2.24, 2.45) is 0 Å². The number of hydrogen-bond acceptors (Lipinski definition) is 5. The Labute approximate surface area is 123 Å². The molecule has 1 heterocycles. The molecule has 1 aromatic heterocycles. The van der Waals surface area contributed by atoms with Gasteiger partial charge in [-0.2, -0.15) is 4.68 Å². The van der Waals surface area contributed by atoms with Crippen molar-refractivity contribution in [2.45, 2.75) is 0 Å². The molecule has 0 aliphatic carbocycles. The average Bonchev–Trinajstić information content (AvgIpc) is 2.87. The van der Waals surface area contributed by atoms with Gasteiger partial charge in [0.25, 0.3) is 0 Å². The molecule has 0 aliphatic heterocycles. The molecule has 7 heteroatoms. The first kappa shape index (κ1) is 12.6. The van der Waals surface area contributed by atoms with Crippen LogP contribution >= 0.6 is 15.9 Å². The van der Waals surface area contributed by atoms with Gasteiger partial charge in [-0.1, -0.05) is 22.0 Å². The minimum atomic E-state index is 0.538. The third-order valence-corrected chi connectivity index (χ3v) is 3.33. The number of nitrogen functional groups attached to an aromatic ring is 2. The van der Waals surface area contributed by atoms with Crippen LogP contribution in [0.15, 0.2) is 46.9 Å². The molecule has 0 atom stereocenters. The van der Waals surface area contributed by atoms with Crippen molar-refractivity contribution in [1.29, 1.82) is 0 Å². The van der Waals surface area contributed by atoms with E-state index < -0.39 is 0 Å². The zero-order valence-electron chi connectivity index (χ0n) is 10.4. The highest BCUT2D eigenvalue weighted by molar-refractivity contribution is 9.10. The molecule has 2 aromatic carbocycles. The van der Waals surface area contributed by atoms with Crippen molar-refractivity contribution in [2.75, 3.05) is 11.5 Å². The molecule has 0 bridgehead atoms. The standard InChI is InChI=1S/C13H11BrN6/c14-8-2-1-3-10(6-8)20-13(17-18-19-20)11-5-4-9(15)7-12(11)16/h1-7H,15-16H2. The second-order valence-electron chi connectivity index (χ2n) is 4.24. The lowest BCUT2D eigenvalue weighted by molar-refractivity contribution is 0.791. The second-order valence-corrected chi connectivity index (χ2v) is 5.16. The Morgan fingerprint density at radius 3 is 2.65 bits per heavy atom. The van der Waals surface area contributed by atoms with Crippen molar-refractivity contribution >= 4 is 27.3 Å². The van der Waals surface area contributed by atoms with E-state index in [0.717, 1.165) is 15.7 Å². The van der Waals surface area contributed by atoms with E-state index in [2.05, 4.69) is 31.5 Å². The monoisotopic (exact) mass is 330 g/mol. The predicted octanol–water partition coefficient (Wildman–Crippen LogP) is 2.26. The largest absolute Gasteiger partial charge is 0.399 e. The number of anilines is 2. The third kappa shape index (κ3) is 2.23. The van der Waals surface area contributed by atoms with Crippen LogP contribution in [0.25, 0.3) is 17.1 Å². The van der Waals surface area contributed by atoms with E-state index in [4.69, 9.17) is 11.5 Å². The van der Waals surface area contributed by atoms with Crippen LogP contribution in [0.1, 0.15) is 0 Å². The smallest absolute Gasteiger partial charge is 0.189 e. The van der Waals surface area contributed by atoms with Gasteiger partial charge in [0.05, 0.1) is 5.69 Å². The zero-order chi connectivity index (χ0) is 14.1. The summed E-state index contributed by atoms with van der Waals surface area (Å²) in [5, 5.41) is 11.8. The molecule has 0 fully saturated rings. The Morgan fingerprint density at radius 2 is 1.90 bits per heavy atom. The summed E-state index contributed by atoms with van der Waals surface area (Å²) < 4.78 is 2.58. The van der Waals surface area contributed by atoms with E-state index in [1.54, 1.807) is 16.8 Å². The first-order chi connectivity index (χ1) is 9.65. The molecule has 3 aromatic rings. The molecule has 0 radical (unpaired) electrons. The van der Waals surface area contributed by atoms with Gasteiger partial charge in [-0.15, -0.1) is 5.10 Å². The van der Waals surface area contributed by atoms with Gasteiger partial charge in [-0.3, -0.25) is 0 Å². The molecule has 6 nitrogen and oxygen atoms in total. The molecule has 0 aliphatic rings. The summed E-state index contributed by atoms with van der Waals surface area (Å²) in [6.07, 6.45) is 0. The summed E-state index contributed by atoms with van der Waals surface area (Å²) in [5.41, 5.74) is 14.4. The molecule has 0 spiro atoms. The van der Waals surface area contributed by atoms with Crippen molar-refractivity contribution in [3.63, 3.8) is 0 Å². The highest BCUT2D eigenvalue weighted by Gasteiger charge is 2.13. The Bertz CT molecular complexity index is 767. The lowest BCUT2D eigenvalue weighted by atomic mass is 10.1. The Kier molecular flexibility index (Phi) is 3.11. The van der Waals surface area contributed by atoms with Crippen LogP contribution in [-0.2, 0) is 0 Å². The summed E-state index contributed by atoms with van der Waals surface area (Å²) in [5.74, 6) is 0.570. The molecule has 100 valence electrons. The van der Waals surface area contributed by atoms with Gasteiger partial charge in [0, 0.05) is 21.4 Å². The number of aromatic nitrogens is 4. The van der Waals surface area contributed by atoms with Gasteiger partial charge in [-0.05, 0) is 46.8 Å². The van der Waals surface area contributed by atoms with Crippen LogP contribution in [0.5, 0.6) is 0 Å². The number of tetrazole rings is 1. The zero-order valence-corrected chi connectivity index (χ0v) is 11.9. The van der Waals surface area contributed by atoms with Gasteiger partial charge in [0.2, 0.25) is 0 Å². The van der Waals surface area contributed by atoms with Crippen LogP contribution in [0.2, 0.25) is 0 Å². The Balaban J connectivity index is 2.15. The SMILES string of the molecule is Nc1ccc(-c2nnnn2-c2cccc(Br)c2)c(N)c1. The van der Waals surface area contributed by atoms with E-state index in [0.29, 0.717) is 17.2 Å². The number of benzene rings is 2. The lowest BCUT2D eigenvalue weighted by Crippen LogP contribution is -2.02. The van der Waals surface area contributed by atoms with Crippen LogP contribution in [-0.4, -0.2) is 20.2 Å². The highest BCUT2D eigenvalue weighted by Crippen LogP contribution is 2.27. The fourth-order valence-corrected chi connectivity index (χ4v) is 2.31. The first-order valence-corrected chi connectivity index (χ1v) is 6.64. The molecule has 0 unspecified atom stereocenters. The Morgan fingerprint density at radius 1 is 1.05 bits per heavy atom. The van der Waals surface area contributed by atoms with E-state index in [1.807, 2.05) is 30.3 Å². The first-order valence-electron chi connectivity index (χ1n) is 5.85. The average molecular weight is 331 g/mol. The Hall–Kier alpha value is -2.41. The number of nitrogens with zero attached hydrogens (tertiary/aromatic N) is 4. The van der Waals surface area contributed by atoms with Crippen LogP contribution in [0.4, 0.5) is 11.4 Å². The maximum Gasteiger partial charge on any atom is 0.189 e. The number of halogens is 1. The van der Waals surface area contributed by atoms with Gasteiger partial charge in [-0.25, -0.2) is 0 Å². The fraction of sp³-hybridized carbons (Fsp3) is 0. The highest BCUT2D eigenvalue weighted by atomic mass is 79.9. The van der Waals surface area contributed by atoms with Crippen molar-refractivity contribution < 1.29 is 0 Å². The topological polar surface area (TPSA) is 95.6 Å². The summed E-state index contributed by atoms with van der Waals surface area (Å²) >= 11 is 3.43. The summed E-state index contributed by atoms with van der Waals surface area (Å²) in [6.45, 7) is 0. The van der Waals surface area contributed by atoms with Gasteiger partial charge in [0.1, 0.15) is 0 Å². The maximum absolute atomic E-state index is 5.99. The normalized spacial score (nSPS) is 10.7. The molecular formula is C13H11BrN6. The predicted molar refractivity (Wildman–Crippen MR) is 81.1 cm³/mol. The third-order valence-electron chi connectivity index (χ3n) is 2.84. The summed E-state index contributed by atoms with van der Waals surface area (Å²) in [7, 11) is 0. The minimum absolute atomic E-state index is 0.538. The lowest BCUT2D eigenvalue weighted by Gasteiger charge is -2.07. The summed E-state index contributed by atoms with van der Waals surface area (Å²) in [6, 6.07) is 13.0. The van der Waals surface area contributed by atoms with Crippen LogP contribution in [0.3, 0.4) is 0 Å². The molecule has 3 rings (SSSR count). The molecule has 0 saturated carbocycles. The molecule has 0 amide bonds. The van der Waals surface area contributed by atoms with E-state index in [9.17, 15) is 0 Å².